The van der Waals surface area contributed by atoms with Crippen molar-refractivity contribution < 1.29 is 18.7 Å². The molecule has 1 aromatic heterocycles. The number of nitrogens with zero attached hydrogens (tertiary/aromatic N) is 1. The molecule has 0 bridgehead atoms. The van der Waals surface area contributed by atoms with Gasteiger partial charge in [0.15, 0.2) is 5.78 Å². The average Bonchev–Trinajstić information content (AvgIpc) is 3.35. The summed E-state index contributed by atoms with van der Waals surface area (Å²) in [7, 11) is 0. The predicted molar refractivity (Wildman–Crippen MR) is 132 cm³/mol. The fraction of sp³-hybridized carbons (Fsp3) is 0.727. The van der Waals surface area contributed by atoms with Gasteiger partial charge >= 0.3 is 0 Å². The number of Topliss-reactive ketones (excluding diaryl/α,β-unsaturated/α-hetero) is 1. The van der Waals surface area contributed by atoms with E-state index < -0.39 is 0 Å². The van der Waals surface area contributed by atoms with Gasteiger partial charge in [0.2, 0.25) is 5.91 Å². The summed E-state index contributed by atoms with van der Waals surface area (Å²) in [6.45, 7) is 0.837. The zero-order valence-corrected chi connectivity index (χ0v) is 19.6. The van der Waals surface area contributed by atoms with Crippen LogP contribution in [0.15, 0.2) is 22.8 Å². The highest BCUT2D eigenvalue weighted by atomic mass is 32.2. The third kappa shape index (κ3) is 6.47. The maximum absolute atomic E-state index is 13.5. The summed E-state index contributed by atoms with van der Waals surface area (Å²) in [6.07, 6.45) is 10.6. The van der Waals surface area contributed by atoms with Crippen molar-refractivity contribution in [2.75, 3.05) is 13.2 Å². The van der Waals surface area contributed by atoms with Crippen LogP contribution in [-0.2, 0) is 20.1 Å². The number of amides is 1. The lowest BCUT2D eigenvalue weighted by molar-refractivity contribution is -0.140. The summed E-state index contributed by atoms with van der Waals surface area (Å²) in [5, 5.41) is -0.106. The molecular formula is C22H37NO4S3. The monoisotopic (exact) mass is 475 g/mol. The van der Waals surface area contributed by atoms with Crippen LogP contribution in [0.2, 0.25) is 0 Å². The van der Waals surface area contributed by atoms with Crippen LogP contribution in [0.1, 0.15) is 64.6 Å². The number of ether oxygens (including phenoxy) is 1. The van der Waals surface area contributed by atoms with Gasteiger partial charge < -0.3 is 14.1 Å². The molecule has 2 aliphatic heterocycles. The van der Waals surface area contributed by atoms with Crippen molar-refractivity contribution >= 4 is 50.4 Å². The Labute approximate surface area is 198 Å². The lowest BCUT2D eigenvalue weighted by Gasteiger charge is -2.38. The van der Waals surface area contributed by atoms with Gasteiger partial charge in [-0.05, 0) is 37.3 Å². The van der Waals surface area contributed by atoms with Crippen molar-refractivity contribution in [3.63, 3.8) is 0 Å². The topological polar surface area (TPSA) is 59.8 Å². The Morgan fingerprint density at radius 3 is 2.63 bits per heavy atom. The molecule has 3 heterocycles. The van der Waals surface area contributed by atoms with E-state index in [0.717, 1.165) is 25.0 Å². The molecule has 1 aromatic rings. The summed E-state index contributed by atoms with van der Waals surface area (Å²) >= 11 is 1.67. The van der Waals surface area contributed by atoms with Gasteiger partial charge in [0.1, 0.15) is 18.4 Å². The zero-order chi connectivity index (χ0) is 18.6. The molecule has 3 aliphatic rings. The summed E-state index contributed by atoms with van der Waals surface area (Å²) in [5.74, 6) is 2.42. The molecule has 172 valence electrons. The zero-order valence-electron chi connectivity index (χ0n) is 16.8. The second-order valence-electron chi connectivity index (χ2n) is 8.05. The lowest BCUT2D eigenvalue weighted by atomic mass is 9.85. The maximum Gasteiger partial charge on any atom is 0.236 e. The van der Waals surface area contributed by atoms with E-state index in [9.17, 15) is 9.59 Å². The highest BCUT2D eigenvalue weighted by molar-refractivity contribution is 7.99. The number of hydrogen-bond acceptors (Lipinski definition) is 5. The number of furan rings is 1. The molecule has 0 unspecified atom stereocenters. The lowest BCUT2D eigenvalue weighted by Crippen LogP contribution is -2.54. The molecular weight excluding hydrogens is 438 g/mol. The number of carbonyl (C=O) groups excluding carboxylic acids is 2. The van der Waals surface area contributed by atoms with Gasteiger partial charge in [-0.15, -0.1) is 11.8 Å². The van der Waals surface area contributed by atoms with Gasteiger partial charge in [-0.3, -0.25) is 9.59 Å². The standard InChI is InChI=1S/C21H29NO4S.CH4.2H2S/c23-17-13-26-18-9-4-10-22(20(17)18)21(24)19(12-15-6-2-1-3-7-15)27-14-16-8-5-11-25-16;;;/h5,8,11,15,18-20H,1-4,6-7,9-10,12-14H2;1H4;2*1H2/t18-,19-,20-;;;/m0.../s1. The molecule has 0 aromatic carbocycles. The first-order chi connectivity index (χ1) is 13.2. The minimum Gasteiger partial charge on any atom is -0.468 e. The summed E-state index contributed by atoms with van der Waals surface area (Å²) < 4.78 is 11.1. The first kappa shape index (κ1) is 27.5. The predicted octanol–water partition coefficient (Wildman–Crippen LogP) is 4.67. The van der Waals surface area contributed by atoms with E-state index in [1.807, 2.05) is 17.0 Å². The Kier molecular flexibility index (Phi) is 12.0. The molecule has 5 nitrogen and oxygen atoms in total. The number of piperidine rings is 1. The summed E-state index contributed by atoms with van der Waals surface area (Å²) in [4.78, 5) is 27.7. The van der Waals surface area contributed by atoms with E-state index in [4.69, 9.17) is 9.15 Å². The van der Waals surface area contributed by atoms with Gasteiger partial charge in [-0.1, -0.05) is 39.5 Å². The van der Waals surface area contributed by atoms with Gasteiger partial charge in [-0.25, -0.2) is 0 Å². The van der Waals surface area contributed by atoms with Crippen molar-refractivity contribution in [2.45, 2.75) is 81.9 Å². The van der Waals surface area contributed by atoms with Crippen LogP contribution in [0.3, 0.4) is 0 Å². The van der Waals surface area contributed by atoms with Gasteiger partial charge in [0.25, 0.3) is 0 Å². The molecule has 0 N–H and O–H groups in total. The van der Waals surface area contributed by atoms with Crippen molar-refractivity contribution in [3.05, 3.63) is 24.2 Å². The van der Waals surface area contributed by atoms with E-state index in [1.165, 1.54) is 32.1 Å². The Hall–Kier alpha value is -0.570. The Bertz CT molecular complexity index is 649. The molecule has 3 atom stereocenters. The Morgan fingerprint density at radius 2 is 1.93 bits per heavy atom. The van der Waals surface area contributed by atoms with Crippen LogP contribution in [0.5, 0.6) is 0 Å². The number of hydrogen-bond donors (Lipinski definition) is 0. The number of rotatable bonds is 6. The molecule has 1 saturated carbocycles. The molecule has 2 saturated heterocycles. The molecule has 0 spiro atoms. The molecule has 8 heteroatoms. The number of fused-ring (bicyclic) bond motifs is 1. The summed E-state index contributed by atoms with van der Waals surface area (Å²) in [5.41, 5.74) is 0. The van der Waals surface area contributed by atoms with Crippen LogP contribution in [0.25, 0.3) is 0 Å². The number of carbonyl (C=O) groups is 2. The van der Waals surface area contributed by atoms with E-state index in [-0.39, 0.29) is 70.1 Å². The number of ketones is 1. The second kappa shape index (κ2) is 13.1. The second-order valence-corrected chi connectivity index (χ2v) is 9.24. The normalized spacial score (nSPS) is 24.8. The van der Waals surface area contributed by atoms with Crippen molar-refractivity contribution in [2.24, 2.45) is 5.92 Å². The quantitative estimate of drug-likeness (QED) is 0.598. The first-order valence-electron chi connectivity index (χ1n) is 10.3. The van der Waals surface area contributed by atoms with E-state index in [2.05, 4.69) is 0 Å². The number of thioether (sulfide) groups is 1. The van der Waals surface area contributed by atoms with E-state index in [0.29, 0.717) is 18.2 Å². The van der Waals surface area contributed by atoms with Crippen molar-refractivity contribution in [1.82, 2.24) is 4.90 Å². The van der Waals surface area contributed by atoms with Crippen molar-refractivity contribution in [3.8, 4) is 0 Å². The largest absolute Gasteiger partial charge is 0.468 e. The van der Waals surface area contributed by atoms with E-state index in [1.54, 1.807) is 18.0 Å². The maximum atomic E-state index is 13.5. The van der Waals surface area contributed by atoms with Crippen LogP contribution < -0.4 is 0 Å². The van der Waals surface area contributed by atoms with Gasteiger partial charge in [0, 0.05) is 6.54 Å². The Balaban J connectivity index is 0.00000150. The molecule has 4 rings (SSSR count). The fourth-order valence-electron chi connectivity index (χ4n) is 4.77. The first-order valence-corrected chi connectivity index (χ1v) is 11.4. The molecule has 3 fully saturated rings. The fourth-order valence-corrected chi connectivity index (χ4v) is 5.98. The van der Waals surface area contributed by atoms with Crippen LogP contribution in [0, 0.1) is 5.92 Å². The molecule has 1 aliphatic carbocycles. The van der Waals surface area contributed by atoms with Crippen LogP contribution in [0.4, 0.5) is 0 Å². The van der Waals surface area contributed by atoms with Crippen LogP contribution >= 0.6 is 38.8 Å². The van der Waals surface area contributed by atoms with Gasteiger partial charge in [0.05, 0.1) is 23.4 Å². The third-order valence-electron chi connectivity index (χ3n) is 6.18. The molecule has 30 heavy (non-hydrogen) atoms. The number of likely N-dealkylation sites (tertiary alicyclic amines) is 1. The molecule has 1 amide bonds. The third-order valence-corrected chi connectivity index (χ3v) is 7.43. The highest BCUT2D eigenvalue weighted by Crippen LogP contribution is 2.35. The smallest absolute Gasteiger partial charge is 0.236 e. The van der Waals surface area contributed by atoms with Gasteiger partial charge in [-0.2, -0.15) is 27.0 Å². The van der Waals surface area contributed by atoms with Crippen molar-refractivity contribution in [1.29, 1.82) is 0 Å². The molecule has 0 radical (unpaired) electrons. The highest BCUT2D eigenvalue weighted by Gasteiger charge is 2.45. The Morgan fingerprint density at radius 1 is 1.17 bits per heavy atom. The minimum atomic E-state index is -0.357. The minimum absolute atomic E-state index is 0. The summed E-state index contributed by atoms with van der Waals surface area (Å²) in [6, 6.07) is 3.49. The average molecular weight is 476 g/mol. The van der Waals surface area contributed by atoms with Crippen LogP contribution in [-0.4, -0.2) is 47.1 Å². The SMILES string of the molecule is C.O=C1CO[C@H]2CCCN(C(=O)[C@H](CC3CCCCC3)SCc3ccco3)[C@@H]12.S.S. The van der Waals surface area contributed by atoms with E-state index >= 15 is 0 Å².